The number of benzene rings is 1. The van der Waals surface area contributed by atoms with Crippen LogP contribution in [0.25, 0.3) is 0 Å². The maximum absolute atomic E-state index is 12.9. The lowest BCUT2D eigenvalue weighted by Crippen LogP contribution is -2.63. The summed E-state index contributed by atoms with van der Waals surface area (Å²) in [5.74, 6) is 1.07. The molecule has 0 radical (unpaired) electrons. The zero-order valence-corrected chi connectivity index (χ0v) is 17.0. The third-order valence-corrected chi connectivity index (χ3v) is 7.06. The number of nitrogens with one attached hydrogen (secondary N) is 2. The zero-order valence-electron chi connectivity index (χ0n) is 16.2. The van der Waals surface area contributed by atoms with E-state index in [0.29, 0.717) is 31.9 Å². The molecule has 29 heavy (non-hydrogen) atoms. The lowest BCUT2D eigenvalue weighted by atomic mass is 9.89. The van der Waals surface area contributed by atoms with Gasteiger partial charge < -0.3 is 19.5 Å². The number of fused-ring (bicyclic) bond motifs is 1. The SMILES string of the molecule is COc1ccc(CC(=O)N2CCCC3(CNc4ncccc4[S+](=O)([O-])N3)C2)cc1. The van der Waals surface area contributed by atoms with Crippen LogP contribution < -0.4 is 14.8 Å². The number of hydrogen-bond donors (Lipinski definition) is 2. The van der Waals surface area contributed by atoms with E-state index >= 15 is 0 Å². The van der Waals surface area contributed by atoms with Crippen LogP contribution in [0.3, 0.4) is 0 Å². The summed E-state index contributed by atoms with van der Waals surface area (Å²) in [4.78, 5) is 18.9. The van der Waals surface area contributed by atoms with Crippen molar-refractivity contribution in [1.82, 2.24) is 14.6 Å². The van der Waals surface area contributed by atoms with Crippen molar-refractivity contribution < 1.29 is 18.3 Å². The first-order valence-electron chi connectivity index (χ1n) is 9.54. The van der Waals surface area contributed by atoms with E-state index in [0.717, 1.165) is 17.7 Å². The molecule has 4 rings (SSSR count). The molecule has 1 saturated heterocycles. The van der Waals surface area contributed by atoms with E-state index in [1.807, 2.05) is 24.3 Å². The van der Waals surface area contributed by atoms with Crippen molar-refractivity contribution in [2.75, 3.05) is 32.1 Å². The van der Waals surface area contributed by atoms with Gasteiger partial charge in [-0.05, 0) is 36.6 Å². The average molecular weight is 417 g/mol. The first kappa shape index (κ1) is 19.8. The fourth-order valence-electron chi connectivity index (χ4n) is 3.97. The first-order chi connectivity index (χ1) is 13.9. The van der Waals surface area contributed by atoms with Gasteiger partial charge in [-0.25, -0.2) is 4.98 Å². The summed E-state index contributed by atoms with van der Waals surface area (Å²) in [6.45, 7) is 1.31. The number of carbonyl (C=O) groups is 1. The number of nitrogens with zero attached hydrogens (tertiary/aromatic N) is 2. The van der Waals surface area contributed by atoms with Gasteiger partial charge in [0, 0.05) is 31.9 Å². The molecule has 1 fully saturated rings. The maximum Gasteiger partial charge on any atom is 0.227 e. The molecule has 2 aliphatic heterocycles. The van der Waals surface area contributed by atoms with E-state index in [1.165, 1.54) is 6.07 Å². The van der Waals surface area contributed by atoms with Crippen molar-refractivity contribution in [3.8, 4) is 5.75 Å². The molecule has 0 bridgehead atoms. The van der Waals surface area contributed by atoms with Crippen molar-refractivity contribution in [3.05, 3.63) is 48.2 Å². The second kappa shape index (κ2) is 7.74. The number of sulfonamides is 1. The van der Waals surface area contributed by atoms with Gasteiger partial charge in [0.15, 0.2) is 16.2 Å². The fraction of sp³-hybridized carbons (Fsp3) is 0.400. The molecule has 1 spiro atoms. The second-order valence-corrected chi connectivity index (χ2v) is 9.18. The van der Waals surface area contributed by atoms with Crippen molar-refractivity contribution in [2.45, 2.75) is 29.7 Å². The van der Waals surface area contributed by atoms with Crippen LogP contribution in [0.15, 0.2) is 47.5 Å². The first-order valence-corrected chi connectivity index (χ1v) is 11.0. The zero-order chi connectivity index (χ0) is 20.5. The smallest absolute Gasteiger partial charge is 0.227 e. The minimum absolute atomic E-state index is 0.0201. The number of amides is 1. The van der Waals surface area contributed by atoms with Crippen LogP contribution in [0, 0.1) is 0 Å². The van der Waals surface area contributed by atoms with E-state index in [1.54, 1.807) is 24.3 Å². The van der Waals surface area contributed by atoms with Gasteiger partial charge in [-0.3, -0.25) is 4.79 Å². The van der Waals surface area contributed by atoms with E-state index in [4.69, 9.17) is 4.74 Å². The van der Waals surface area contributed by atoms with Gasteiger partial charge in [0.05, 0.1) is 19.1 Å². The van der Waals surface area contributed by atoms with Crippen molar-refractivity contribution >= 4 is 22.1 Å². The summed E-state index contributed by atoms with van der Waals surface area (Å²) in [5.41, 5.74) is 0.138. The van der Waals surface area contributed by atoms with Gasteiger partial charge in [-0.1, -0.05) is 16.3 Å². The third-order valence-electron chi connectivity index (χ3n) is 5.45. The summed E-state index contributed by atoms with van der Waals surface area (Å²) in [7, 11) is -2.13. The molecule has 154 valence electrons. The molecule has 3 heterocycles. The van der Waals surface area contributed by atoms with Gasteiger partial charge in [0.25, 0.3) is 0 Å². The fourth-order valence-corrected chi connectivity index (χ4v) is 5.53. The Balaban J connectivity index is 1.50. The molecule has 1 aromatic carbocycles. The Hall–Kier alpha value is -2.49. The monoisotopic (exact) mass is 416 g/mol. The van der Waals surface area contributed by atoms with Gasteiger partial charge in [-0.15, -0.1) is 4.72 Å². The molecule has 9 heteroatoms. The minimum Gasteiger partial charge on any atom is -0.593 e. The third kappa shape index (κ3) is 4.12. The maximum atomic E-state index is 12.9. The number of piperidine rings is 1. The van der Waals surface area contributed by atoms with Crippen LogP contribution in [0.2, 0.25) is 0 Å². The van der Waals surface area contributed by atoms with Crippen LogP contribution in [-0.2, 0) is 25.8 Å². The number of methoxy groups -OCH3 is 1. The topological polar surface area (TPSA) is 107 Å². The molecular weight excluding hydrogens is 392 g/mol. The Morgan fingerprint density at radius 1 is 1.34 bits per heavy atom. The van der Waals surface area contributed by atoms with E-state index in [-0.39, 0.29) is 17.2 Å². The molecule has 2 aliphatic rings. The lowest BCUT2D eigenvalue weighted by Gasteiger charge is -2.42. The van der Waals surface area contributed by atoms with Crippen molar-refractivity contribution in [3.63, 3.8) is 0 Å². The van der Waals surface area contributed by atoms with Gasteiger partial charge >= 0.3 is 0 Å². The molecule has 0 saturated carbocycles. The van der Waals surface area contributed by atoms with E-state index < -0.39 is 15.9 Å². The number of ether oxygens (including phenoxy) is 1. The Labute approximate surface area is 171 Å². The standard InChI is InChI=1S/C20H24N4O4S/c1-28-16-7-5-15(6-8-16)12-18(25)24-11-3-9-20(14-24)13-22-19-17(4-2-10-21-19)29(26,27)23-20/h2,4-8,10H,3,9,11-14H2,1H3,(H2-,21,22,23,26,27). The number of aromatic nitrogens is 1. The van der Waals surface area contributed by atoms with Gasteiger partial charge in [0.2, 0.25) is 10.8 Å². The Morgan fingerprint density at radius 2 is 2.14 bits per heavy atom. The largest absolute Gasteiger partial charge is 0.593 e. The highest BCUT2D eigenvalue weighted by Gasteiger charge is 2.46. The minimum atomic E-state index is -3.73. The van der Waals surface area contributed by atoms with E-state index in [2.05, 4.69) is 15.0 Å². The number of anilines is 1. The molecular formula is C20H24N4O4S. The number of likely N-dealkylation sites (tertiary alicyclic amines) is 1. The van der Waals surface area contributed by atoms with Crippen LogP contribution in [0.1, 0.15) is 18.4 Å². The lowest BCUT2D eigenvalue weighted by molar-refractivity contribution is -0.132. The number of hydrogen-bond acceptors (Lipinski definition) is 6. The summed E-state index contributed by atoms with van der Waals surface area (Å²) in [6.07, 6.45) is 3.20. The molecule has 1 aromatic heterocycles. The quantitative estimate of drug-likeness (QED) is 0.737. The van der Waals surface area contributed by atoms with Crippen molar-refractivity contribution in [1.29, 1.82) is 0 Å². The average Bonchev–Trinajstić information content (AvgIpc) is 2.83. The predicted octanol–water partition coefficient (Wildman–Crippen LogP) is 1.61. The highest BCUT2D eigenvalue weighted by atomic mass is 32.3. The summed E-state index contributed by atoms with van der Waals surface area (Å²) in [6, 6.07) is 10.5. The predicted molar refractivity (Wildman–Crippen MR) is 108 cm³/mol. The van der Waals surface area contributed by atoms with Crippen LogP contribution >= 0.6 is 0 Å². The number of carbonyl (C=O) groups excluding carboxylic acids is 1. The summed E-state index contributed by atoms with van der Waals surface area (Å²) >= 11 is 0. The summed E-state index contributed by atoms with van der Waals surface area (Å²) < 4.78 is 33.8. The van der Waals surface area contributed by atoms with Crippen LogP contribution in [0.4, 0.5) is 5.82 Å². The normalized spacial score (nSPS) is 26.3. The summed E-state index contributed by atoms with van der Waals surface area (Å²) in [5, 5.41) is 3.16. The van der Waals surface area contributed by atoms with Gasteiger partial charge in [-0.2, -0.15) is 0 Å². The Kier molecular flexibility index (Phi) is 5.28. The Bertz CT molecular complexity index is 952. The van der Waals surface area contributed by atoms with Gasteiger partial charge in [0.1, 0.15) is 5.75 Å². The molecule has 2 aromatic rings. The molecule has 1 amide bonds. The Morgan fingerprint density at radius 3 is 2.90 bits per heavy atom. The molecule has 2 atom stereocenters. The number of pyridine rings is 1. The molecule has 0 aliphatic carbocycles. The highest BCUT2D eigenvalue weighted by molar-refractivity contribution is 7.96. The van der Waals surface area contributed by atoms with Crippen LogP contribution in [0.5, 0.6) is 5.75 Å². The van der Waals surface area contributed by atoms with E-state index in [9.17, 15) is 13.6 Å². The second-order valence-electron chi connectivity index (χ2n) is 7.53. The molecule has 8 nitrogen and oxygen atoms in total. The van der Waals surface area contributed by atoms with Crippen LogP contribution in [-0.4, -0.2) is 52.6 Å². The van der Waals surface area contributed by atoms with Crippen molar-refractivity contribution in [2.24, 2.45) is 0 Å². The molecule has 2 N–H and O–H groups in total. The number of rotatable bonds is 3. The molecule has 2 unspecified atom stereocenters. The highest BCUT2D eigenvalue weighted by Crippen LogP contribution is 2.32.